The van der Waals surface area contributed by atoms with Gasteiger partial charge in [-0.15, -0.1) is 0 Å². The van der Waals surface area contributed by atoms with E-state index in [9.17, 15) is 0 Å². The van der Waals surface area contributed by atoms with Crippen LogP contribution in [0.4, 0.5) is 0 Å². The first kappa shape index (κ1) is 19.8. The van der Waals surface area contributed by atoms with E-state index in [1.165, 1.54) is 48.5 Å². The summed E-state index contributed by atoms with van der Waals surface area (Å²) in [6.07, 6.45) is 13.5. The monoisotopic (exact) mass is 408 g/mol. The molecule has 1 rings (SSSR count). The van der Waals surface area contributed by atoms with Crippen LogP contribution < -0.4 is 0 Å². The average molecular weight is 407 g/mol. The fourth-order valence-electron chi connectivity index (χ4n) is 3.35. The Kier molecular flexibility index (Phi) is 11.0. The number of benzene rings is 1. The van der Waals surface area contributed by atoms with Crippen LogP contribution in [0.3, 0.4) is 0 Å². The van der Waals surface area contributed by atoms with Crippen LogP contribution in [-0.4, -0.2) is 18.4 Å². The Hall–Kier alpha value is -0.241. The molecule has 0 aliphatic carbocycles. The molecule has 0 nitrogen and oxygen atoms in total. The zero-order valence-corrected chi connectivity index (χ0v) is 18.0. The molecule has 1 aromatic rings. The normalized spacial score (nSPS) is 12.1. The van der Waals surface area contributed by atoms with Gasteiger partial charge in [0.2, 0.25) is 0 Å². The summed E-state index contributed by atoms with van der Waals surface area (Å²) < 4.78 is 6.31. The van der Waals surface area contributed by atoms with Crippen molar-refractivity contribution in [1.82, 2.24) is 0 Å². The Bertz CT molecular complexity index is 372. The van der Waals surface area contributed by atoms with Crippen molar-refractivity contribution in [3.63, 3.8) is 0 Å². The van der Waals surface area contributed by atoms with Crippen LogP contribution in [0.5, 0.6) is 0 Å². The molecule has 0 spiro atoms. The van der Waals surface area contributed by atoms with E-state index >= 15 is 0 Å². The van der Waals surface area contributed by atoms with Gasteiger partial charge in [0.05, 0.1) is 0 Å². The summed E-state index contributed by atoms with van der Waals surface area (Å²) in [6, 6.07) is 10.8. The minimum absolute atomic E-state index is 1.36. The third-order valence-electron chi connectivity index (χ3n) is 4.84. The van der Waals surface area contributed by atoms with Crippen molar-refractivity contribution < 1.29 is 0 Å². The number of hydrogen-bond donors (Lipinski definition) is 0. The van der Waals surface area contributed by atoms with Crippen molar-refractivity contribution in [2.45, 2.75) is 77.0 Å². The van der Waals surface area contributed by atoms with Crippen molar-refractivity contribution in [1.29, 1.82) is 0 Å². The molecule has 1 heteroatoms. The summed E-state index contributed by atoms with van der Waals surface area (Å²) in [5.74, 6) is 0. The predicted molar refractivity (Wildman–Crippen MR) is 105 cm³/mol. The quantitative estimate of drug-likeness (QED) is 0.314. The topological polar surface area (TPSA) is 0 Å². The van der Waals surface area contributed by atoms with E-state index in [2.05, 4.69) is 63.3 Å². The predicted octanol–water partition coefficient (Wildman–Crippen LogP) is 7.55. The molecule has 0 radical (unpaired) electrons. The van der Waals surface area contributed by atoms with Crippen molar-refractivity contribution in [2.75, 3.05) is 0 Å². The third-order valence-corrected chi connectivity index (χ3v) is 20.1. The fraction of sp³-hybridized carbons (Fsp3) is 0.619. The first-order chi connectivity index (χ1) is 10.8. The van der Waals surface area contributed by atoms with E-state index < -0.39 is 18.4 Å². The third kappa shape index (κ3) is 7.85. The van der Waals surface area contributed by atoms with Crippen LogP contribution in [0.2, 0.25) is 17.7 Å². The summed E-state index contributed by atoms with van der Waals surface area (Å²) in [4.78, 5) is 0. The van der Waals surface area contributed by atoms with Crippen molar-refractivity contribution in [2.24, 2.45) is 0 Å². The molecule has 0 unspecified atom stereocenters. The maximum absolute atomic E-state index is 2.53. The molecule has 0 amide bonds. The van der Waals surface area contributed by atoms with Gasteiger partial charge < -0.3 is 0 Å². The Balaban J connectivity index is 2.73. The Morgan fingerprint density at radius 1 is 0.773 bits per heavy atom. The molecule has 22 heavy (non-hydrogen) atoms. The number of hydrogen-bond acceptors (Lipinski definition) is 0. The van der Waals surface area contributed by atoms with Crippen LogP contribution in [0.1, 0.15) is 64.9 Å². The Morgan fingerprint density at radius 2 is 1.27 bits per heavy atom. The number of rotatable bonds is 12. The second-order valence-electron chi connectivity index (χ2n) is 6.83. The molecular weight excluding hydrogens is 371 g/mol. The number of allylic oxidation sites excluding steroid dienone is 1. The molecule has 0 N–H and O–H groups in total. The van der Waals surface area contributed by atoms with Crippen molar-refractivity contribution in [3.05, 3.63) is 42.0 Å². The molecule has 0 aliphatic rings. The molecule has 0 fully saturated rings. The van der Waals surface area contributed by atoms with E-state index in [0.717, 1.165) is 0 Å². The van der Waals surface area contributed by atoms with Gasteiger partial charge >= 0.3 is 143 Å². The van der Waals surface area contributed by atoms with Gasteiger partial charge in [0, 0.05) is 0 Å². The van der Waals surface area contributed by atoms with Gasteiger partial charge in [-0.3, -0.25) is 0 Å². The van der Waals surface area contributed by atoms with Crippen LogP contribution in [0, 0.1) is 0 Å². The van der Waals surface area contributed by atoms with Gasteiger partial charge in [-0.05, 0) is 0 Å². The summed E-state index contributed by atoms with van der Waals surface area (Å²) in [5, 5.41) is 0. The van der Waals surface area contributed by atoms with Gasteiger partial charge in [0.15, 0.2) is 0 Å². The van der Waals surface area contributed by atoms with Gasteiger partial charge in [0.1, 0.15) is 0 Å². The molecule has 0 aromatic heterocycles. The molecule has 124 valence electrons. The number of unbranched alkanes of at least 4 members (excludes halogenated alkanes) is 3. The van der Waals surface area contributed by atoms with Gasteiger partial charge in [-0.2, -0.15) is 0 Å². The summed E-state index contributed by atoms with van der Waals surface area (Å²) in [7, 11) is 0. The standard InChI is InChI=1S/C9H9.3C4H9.Sn/c1-2-6-9-7-4-3-5-8-9;3*1-3-4-2;/h2-8H,1H2;3*1,3-4H2,2H3;/b6-2-;;;;. The molecule has 1 aromatic carbocycles. The van der Waals surface area contributed by atoms with Crippen molar-refractivity contribution >= 4 is 24.5 Å². The molecule has 0 aliphatic heterocycles. The molecule has 0 heterocycles. The van der Waals surface area contributed by atoms with E-state index in [-0.39, 0.29) is 0 Å². The van der Waals surface area contributed by atoms with Crippen LogP contribution in [0.15, 0.2) is 36.4 Å². The average Bonchev–Trinajstić information content (AvgIpc) is 2.57. The summed E-state index contributed by atoms with van der Waals surface area (Å²) in [6.45, 7) is 7.07. The van der Waals surface area contributed by atoms with E-state index in [0.29, 0.717) is 0 Å². The van der Waals surface area contributed by atoms with Gasteiger partial charge in [-0.25, -0.2) is 0 Å². The zero-order valence-electron chi connectivity index (χ0n) is 15.1. The maximum atomic E-state index is 2.53. The molecule has 0 saturated heterocycles. The zero-order chi connectivity index (χ0) is 16.1. The van der Waals surface area contributed by atoms with E-state index in [4.69, 9.17) is 0 Å². The van der Waals surface area contributed by atoms with Crippen LogP contribution in [0.25, 0.3) is 6.08 Å². The van der Waals surface area contributed by atoms with Crippen molar-refractivity contribution in [3.8, 4) is 0 Å². The Labute approximate surface area is 143 Å². The van der Waals surface area contributed by atoms with Crippen LogP contribution >= 0.6 is 0 Å². The second kappa shape index (κ2) is 12.2. The van der Waals surface area contributed by atoms with Gasteiger partial charge in [-0.1, -0.05) is 0 Å². The fourth-order valence-corrected chi connectivity index (χ4v) is 18.4. The minimum atomic E-state index is -1.94. The van der Waals surface area contributed by atoms with Crippen LogP contribution in [-0.2, 0) is 0 Å². The van der Waals surface area contributed by atoms with E-state index in [1.807, 2.05) is 0 Å². The molecular formula is C21H36Sn. The van der Waals surface area contributed by atoms with Gasteiger partial charge in [0.25, 0.3) is 0 Å². The summed E-state index contributed by atoms with van der Waals surface area (Å²) in [5.41, 5.74) is 1.36. The SMILES string of the molecule is CCC[CH2][Sn]([CH2]/C=C\c1ccccc1)([CH2]CCC)[CH2]CCC. The molecule has 0 bridgehead atoms. The molecule has 0 saturated carbocycles. The van der Waals surface area contributed by atoms with E-state index in [1.54, 1.807) is 13.3 Å². The first-order valence-electron chi connectivity index (χ1n) is 9.48. The summed E-state index contributed by atoms with van der Waals surface area (Å²) >= 11 is -1.94. The Morgan fingerprint density at radius 3 is 1.73 bits per heavy atom. The first-order valence-corrected chi connectivity index (χ1v) is 17.5. The molecule has 0 atom stereocenters. The second-order valence-corrected chi connectivity index (χ2v) is 20.8.